The summed E-state index contributed by atoms with van der Waals surface area (Å²) in [6.45, 7) is 2.81. The highest BCUT2D eigenvalue weighted by atomic mass is 32.2. The van der Waals surface area contributed by atoms with Crippen molar-refractivity contribution in [2.75, 3.05) is 5.32 Å². The van der Waals surface area contributed by atoms with Gasteiger partial charge in [-0.25, -0.2) is 22.0 Å². The van der Waals surface area contributed by atoms with Gasteiger partial charge in [0.25, 0.3) is 5.91 Å². The minimum absolute atomic E-state index is 0.0470. The molecule has 0 fully saturated rings. The molecule has 0 saturated heterocycles. The highest BCUT2D eigenvalue weighted by Gasteiger charge is 2.48. The summed E-state index contributed by atoms with van der Waals surface area (Å²) in [4.78, 5) is 36.5. The number of carboxylic acids is 1. The van der Waals surface area contributed by atoms with Crippen molar-refractivity contribution in [2.24, 2.45) is 5.73 Å². The van der Waals surface area contributed by atoms with E-state index in [1.54, 1.807) is 13.8 Å². The lowest BCUT2D eigenvalue weighted by atomic mass is 10.0. The first kappa shape index (κ1) is 27.7. The number of aromatic nitrogens is 3. The Morgan fingerprint density at radius 2 is 1.76 bits per heavy atom. The molecule has 1 aliphatic rings. The van der Waals surface area contributed by atoms with Crippen molar-refractivity contribution in [3.63, 3.8) is 0 Å². The van der Waals surface area contributed by atoms with Crippen LogP contribution in [0.5, 0.6) is 0 Å². The van der Waals surface area contributed by atoms with Crippen molar-refractivity contribution in [2.45, 2.75) is 30.8 Å². The van der Waals surface area contributed by atoms with E-state index >= 15 is 0 Å². The molecule has 2 amide bonds. The highest BCUT2D eigenvalue weighted by molar-refractivity contribution is 7.89. The fourth-order valence-electron chi connectivity index (χ4n) is 4.82. The Balaban J connectivity index is 1.50. The summed E-state index contributed by atoms with van der Waals surface area (Å²) in [5.41, 5.74) is 4.67. The fraction of sp³-hybridized carbons (Fsp3) is 0.154. The molecule has 5 N–H and O–H groups in total. The third kappa shape index (κ3) is 4.64. The van der Waals surface area contributed by atoms with Crippen molar-refractivity contribution in [3.05, 3.63) is 94.4 Å². The Hall–Kier alpha value is -4.89. The van der Waals surface area contributed by atoms with E-state index in [0.29, 0.717) is 29.5 Å². The summed E-state index contributed by atoms with van der Waals surface area (Å²) in [5.74, 6) is -5.12. The third-order valence-corrected chi connectivity index (χ3v) is 8.82. The summed E-state index contributed by atoms with van der Waals surface area (Å²) >= 11 is 0. The molecule has 0 bridgehead atoms. The van der Waals surface area contributed by atoms with Crippen LogP contribution in [0, 0.1) is 11.6 Å². The summed E-state index contributed by atoms with van der Waals surface area (Å²) in [5, 5.41) is 18.8. The molecule has 15 heteroatoms. The average Bonchev–Trinajstić information content (AvgIpc) is 3.59. The van der Waals surface area contributed by atoms with E-state index < -0.39 is 49.9 Å². The van der Waals surface area contributed by atoms with Gasteiger partial charge in [-0.15, -0.1) is 0 Å². The van der Waals surface area contributed by atoms with Crippen LogP contribution in [0.2, 0.25) is 0 Å². The Morgan fingerprint density at radius 3 is 2.39 bits per heavy atom. The number of anilines is 1. The van der Waals surface area contributed by atoms with Gasteiger partial charge in [-0.05, 0) is 56.3 Å². The number of carboxylic acid groups (broad SMARTS) is 1. The molecule has 0 aliphatic carbocycles. The Labute approximate surface area is 231 Å². The average molecular weight is 585 g/mol. The van der Waals surface area contributed by atoms with Gasteiger partial charge in [-0.1, -0.05) is 0 Å². The second kappa shape index (κ2) is 9.64. The molecule has 212 valence electrons. The molecular formula is C26H22F2N6O6S. The largest absolute Gasteiger partial charge is 0.477 e. The number of aromatic amines is 1. The van der Waals surface area contributed by atoms with Crippen molar-refractivity contribution >= 4 is 33.6 Å². The highest BCUT2D eigenvalue weighted by Crippen LogP contribution is 2.44. The van der Waals surface area contributed by atoms with Gasteiger partial charge in [0.15, 0.2) is 5.82 Å². The van der Waals surface area contributed by atoms with Crippen LogP contribution in [0.4, 0.5) is 14.6 Å². The summed E-state index contributed by atoms with van der Waals surface area (Å²) in [7, 11) is -4.41. The number of aromatic carboxylic acids is 1. The van der Waals surface area contributed by atoms with Gasteiger partial charge in [-0.2, -0.15) is 9.40 Å². The molecule has 3 heterocycles. The molecule has 5 rings (SSSR count). The van der Waals surface area contributed by atoms with Crippen molar-refractivity contribution in [1.82, 2.24) is 19.1 Å². The lowest BCUT2D eigenvalue weighted by Gasteiger charge is -2.30. The minimum Gasteiger partial charge on any atom is -0.477 e. The molecule has 2 aromatic heterocycles. The van der Waals surface area contributed by atoms with Crippen LogP contribution in [-0.4, -0.2) is 50.4 Å². The van der Waals surface area contributed by atoms with Crippen molar-refractivity contribution < 1.29 is 36.7 Å². The van der Waals surface area contributed by atoms with Crippen LogP contribution in [0.25, 0.3) is 5.69 Å². The van der Waals surface area contributed by atoms with Crippen LogP contribution in [0.1, 0.15) is 56.3 Å². The number of nitrogens with two attached hydrogens (primary N) is 1. The summed E-state index contributed by atoms with van der Waals surface area (Å²) in [6, 6.07) is 8.83. The lowest BCUT2D eigenvalue weighted by Crippen LogP contribution is -2.40. The van der Waals surface area contributed by atoms with Crippen LogP contribution in [0.15, 0.2) is 59.6 Å². The molecule has 0 spiro atoms. The second-order valence-corrected chi connectivity index (χ2v) is 11.6. The molecule has 12 nitrogen and oxygen atoms in total. The maximum atomic E-state index is 13.8. The molecule has 0 unspecified atom stereocenters. The number of fused-ring (bicyclic) bond motifs is 1. The van der Waals surface area contributed by atoms with Gasteiger partial charge in [0, 0.05) is 30.1 Å². The second-order valence-electron chi connectivity index (χ2n) is 9.72. The van der Waals surface area contributed by atoms with Crippen molar-refractivity contribution in [1.29, 1.82) is 0 Å². The zero-order chi connectivity index (χ0) is 29.9. The smallest absolute Gasteiger partial charge is 0.352 e. The van der Waals surface area contributed by atoms with Crippen molar-refractivity contribution in [3.8, 4) is 5.69 Å². The molecule has 2 aromatic carbocycles. The number of halogens is 2. The third-order valence-electron chi connectivity index (χ3n) is 6.82. The molecule has 0 atom stereocenters. The first-order valence-electron chi connectivity index (χ1n) is 11.9. The number of hydrogen-bond acceptors (Lipinski definition) is 6. The van der Waals surface area contributed by atoms with Gasteiger partial charge in [0.05, 0.1) is 27.3 Å². The van der Waals surface area contributed by atoms with E-state index in [1.165, 1.54) is 41.1 Å². The summed E-state index contributed by atoms with van der Waals surface area (Å²) < 4.78 is 56.8. The molecule has 1 aliphatic heterocycles. The predicted octanol–water partition coefficient (Wildman–Crippen LogP) is 2.97. The number of sulfonamides is 1. The molecule has 0 radical (unpaired) electrons. The zero-order valence-corrected chi connectivity index (χ0v) is 22.3. The van der Waals surface area contributed by atoms with Crippen LogP contribution in [-0.2, 0) is 22.1 Å². The van der Waals surface area contributed by atoms with Gasteiger partial charge < -0.3 is 20.7 Å². The van der Waals surface area contributed by atoms with E-state index in [-0.39, 0.29) is 34.9 Å². The number of hydrogen-bond donors (Lipinski definition) is 4. The van der Waals surface area contributed by atoms with E-state index in [2.05, 4.69) is 15.5 Å². The number of nitrogens with one attached hydrogen (secondary N) is 2. The molecular weight excluding hydrogens is 562 g/mol. The lowest BCUT2D eigenvalue weighted by molar-refractivity contribution is 0.0687. The number of primary amides is 1. The molecule has 4 aromatic rings. The fourth-order valence-corrected chi connectivity index (χ4v) is 6.59. The molecule has 41 heavy (non-hydrogen) atoms. The SMILES string of the molecule is CC1(C)c2[nH]nc(NC(=O)c3cc(-n4cccc4C(=O)O)ccc3C(N)=O)c2CN1S(=O)(=O)c1cc(F)cc(F)c1. The Bertz CT molecular complexity index is 1840. The molecule has 0 saturated carbocycles. The normalized spacial score (nSPS) is 14.5. The zero-order valence-electron chi connectivity index (χ0n) is 21.5. The maximum absolute atomic E-state index is 13.8. The number of H-pyrrole nitrogens is 1. The summed E-state index contributed by atoms with van der Waals surface area (Å²) in [6.07, 6.45) is 1.46. The van der Waals surface area contributed by atoms with Gasteiger partial charge in [0.2, 0.25) is 15.9 Å². The van der Waals surface area contributed by atoms with Crippen LogP contribution >= 0.6 is 0 Å². The number of nitrogens with zero attached hydrogens (tertiary/aromatic N) is 3. The van der Waals surface area contributed by atoms with Crippen LogP contribution < -0.4 is 11.1 Å². The first-order chi connectivity index (χ1) is 19.2. The number of carbonyl (C=O) groups excluding carboxylic acids is 2. The quantitative estimate of drug-likeness (QED) is 0.258. The monoisotopic (exact) mass is 584 g/mol. The number of benzene rings is 2. The maximum Gasteiger partial charge on any atom is 0.352 e. The van der Waals surface area contributed by atoms with Crippen LogP contribution in [0.3, 0.4) is 0 Å². The topological polar surface area (TPSA) is 180 Å². The number of amides is 2. The van der Waals surface area contributed by atoms with E-state index in [1.807, 2.05) is 0 Å². The van der Waals surface area contributed by atoms with Gasteiger partial charge in [0.1, 0.15) is 17.3 Å². The first-order valence-corrected chi connectivity index (χ1v) is 13.4. The number of carbonyl (C=O) groups is 3. The number of rotatable bonds is 7. The Morgan fingerprint density at radius 1 is 1.07 bits per heavy atom. The van der Waals surface area contributed by atoms with E-state index in [0.717, 1.165) is 4.31 Å². The predicted molar refractivity (Wildman–Crippen MR) is 140 cm³/mol. The van der Waals surface area contributed by atoms with E-state index in [4.69, 9.17) is 5.73 Å². The minimum atomic E-state index is -4.41. The standard InChI is InChI=1S/C26H22F2N6O6S/c1-26(2)21-19(12-34(26)41(39,40)16-9-13(27)8-14(28)10-16)23(32-31-21)30-24(36)18-11-15(5-6-17(18)22(29)35)33-7-3-4-20(33)25(37)38/h3-11H,12H2,1-2H3,(H2,29,35)(H,37,38)(H2,30,31,32,36). The Kier molecular flexibility index (Phi) is 6.50. The van der Waals surface area contributed by atoms with E-state index in [9.17, 15) is 36.7 Å². The van der Waals surface area contributed by atoms with Gasteiger partial charge in [-0.3, -0.25) is 14.7 Å². The van der Waals surface area contributed by atoms with Gasteiger partial charge >= 0.3 is 5.97 Å².